The van der Waals surface area contributed by atoms with E-state index in [0.717, 1.165) is 56.0 Å². The van der Waals surface area contributed by atoms with Crippen molar-refractivity contribution in [2.24, 2.45) is 10.9 Å². The summed E-state index contributed by atoms with van der Waals surface area (Å²) in [5, 5.41) is 31.4. The van der Waals surface area contributed by atoms with Crippen LogP contribution in [0.15, 0.2) is 65.7 Å². The Morgan fingerprint density at radius 1 is 0.693 bits per heavy atom. The molecule has 0 saturated carbocycles. The van der Waals surface area contributed by atoms with Crippen LogP contribution in [0.5, 0.6) is 23.0 Å². The third-order valence-corrected chi connectivity index (χ3v) is 19.4. The maximum Gasteiger partial charge on any atom is 1.00 e. The second-order valence-electron chi connectivity index (χ2n) is 23.6. The van der Waals surface area contributed by atoms with Gasteiger partial charge in [0.2, 0.25) is 5.36 Å². The molecular formula is C57H73N5Na3O19S4-. The molecule has 4 aromatic rings. The van der Waals surface area contributed by atoms with E-state index in [0.29, 0.717) is 103 Å². The number of aliphatic carboxylic acids is 2. The first kappa shape index (κ1) is 77.5. The van der Waals surface area contributed by atoms with Crippen LogP contribution in [-0.2, 0) is 62.9 Å². The van der Waals surface area contributed by atoms with Crippen LogP contribution in [0.2, 0.25) is 0 Å². The minimum atomic E-state index is -4.53. The van der Waals surface area contributed by atoms with Crippen LogP contribution in [0.4, 0.5) is 17.1 Å². The second kappa shape index (κ2) is 32.2. The third-order valence-electron chi connectivity index (χ3n) is 16.2. The minimum absolute atomic E-state index is 0. The number of hydrogen-bond acceptors (Lipinski definition) is 22. The Kier molecular flexibility index (Phi) is 28.4. The molecule has 0 bridgehead atoms. The van der Waals surface area contributed by atoms with Gasteiger partial charge in [0.25, 0.3) is 0 Å². The summed E-state index contributed by atoms with van der Waals surface area (Å²) in [6.07, 6.45) is 7.82. The Hall–Kier alpha value is -2.98. The predicted octanol–water partition coefficient (Wildman–Crippen LogP) is -5.17. The zero-order valence-electron chi connectivity index (χ0n) is 50.9. The number of fused-ring (bicyclic) bond motifs is 6. The van der Waals surface area contributed by atoms with Gasteiger partial charge >= 0.3 is 94.6 Å². The fourth-order valence-corrected chi connectivity index (χ4v) is 15.2. The van der Waals surface area contributed by atoms with Crippen LogP contribution in [0.1, 0.15) is 150 Å². The molecule has 0 saturated heterocycles. The summed E-state index contributed by atoms with van der Waals surface area (Å²) in [6, 6.07) is 18.5. The van der Waals surface area contributed by atoms with E-state index in [-0.39, 0.29) is 125 Å². The normalized spacial score (nSPS) is 18.6. The van der Waals surface area contributed by atoms with E-state index in [2.05, 4.69) is 26.4 Å². The van der Waals surface area contributed by atoms with Crippen LogP contribution in [0.3, 0.4) is 0 Å². The maximum absolute atomic E-state index is 11.8. The molecule has 4 N–H and O–H groups in total. The van der Waals surface area contributed by atoms with Gasteiger partial charge in [0.1, 0.15) is 24.1 Å². The second-order valence-corrected chi connectivity index (χ2v) is 29.5. The molecule has 31 heteroatoms. The Morgan fingerprint density at radius 3 is 1.82 bits per heavy atom. The molecule has 4 aliphatic heterocycles. The summed E-state index contributed by atoms with van der Waals surface area (Å²) < 4.78 is 143. The average molecular weight is 1330 g/mol. The summed E-state index contributed by atoms with van der Waals surface area (Å²) >= 11 is 0. The molecular weight excluding hydrogens is 1260 g/mol. The maximum atomic E-state index is 11.8. The molecule has 0 amide bonds. The average Bonchev–Trinajstić information content (AvgIpc) is 0.760. The van der Waals surface area contributed by atoms with Crippen LogP contribution in [0.25, 0.3) is 0 Å². The largest absolute Gasteiger partial charge is 1.00 e. The van der Waals surface area contributed by atoms with E-state index < -0.39 is 92.6 Å². The fourth-order valence-electron chi connectivity index (χ4n) is 12.7. The minimum Gasteiger partial charge on any atom is -0.748 e. The Morgan fingerprint density at radius 2 is 1.25 bits per heavy atom. The zero-order chi connectivity index (χ0) is 62.5. The van der Waals surface area contributed by atoms with Crippen LogP contribution in [-0.4, -0.2) is 134 Å². The van der Waals surface area contributed by atoms with Gasteiger partial charge in [-0.3, -0.25) is 4.79 Å². The number of benzene rings is 4. The predicted molar refractivity (Wildman–Crippen MR) is 309 cm³/mol. The van der Waals surface area contributed by atoms with Gasteiger partial charge in [-0.25, -0.2) is 43.2 Å². The number of carboxylic acid groups (broad SMARTS) is 2. The van der Waals surface area contributed by atoms with Crippen molar-refractivity contribution < 1.29 is 175 Å². The van der Waals surface area contributed by atoms with Gasteiger partial charge in [0, 0.05) is 113 Å². The number of carboxylic acids is 2. The first-order chi connectivity index (χ1) is 39.6. The SMILES string of the molecule is CC1(C)CC(CS(=O)(=O)[O-])c2cc(ON)c(O)cc2N1CCCC(=O)[O-].CC1(C)CC(CS(=O)(=O)[O-])c2cc3c(cc2N1CCCC(=O)O)Oc1cc2c(cc1=N3)CCC[N+]=2CCCS(=O)(=O)[O-].O=S(=O)([O-])CCCC1CCCc2ccccc21.[Na+].[Na+].[Na+]. The van der Waals surface area contributed by atoms with Crippen molar-refractivity contribution in [2.45, 2.75) is 146 Å². The molecule has 9 rings (SSSR count). The van der Waals surface area contributed by atoms with Gasteiger partial charge in [-0.05, 0) is 145 Å². The number of aromatic hydroxyl groups is 1. The Bertz CT molecular complexity index is 3770. The molecule has 5 aliphatic rings. The number of phenols is 1. The van der Waals surface area contributed by atoms with Gasteiger partial charge < -0.3 is 57.7 Å². The molecule has 3 unspecified atom stereocenters. The van der Waals surface area contributed by atoms with E-state index in [9.17, 15) is 76.8 Å². The number of nitrogens with two attached hydrogens (primary N) is 1. The van der Waals surface area contributed by atoms with Gasteiger partial charge in [0.05, 0.1) is 46.5 Å². The van der Waals surface area contributed by atoms with Crippen molar-refractivity contribution in [3.05, 3.63) is 99.2 Å². The molecule has 24 nitrogen and oxygen atoms in total. The summed E-state index contributed by atoms with van der Waals surface area (Å²) in [7, 11) is -17.4. The monoisotopic (exact) mass is 1330 g/mol. The number of anilines is 2. The van der Waals surface area contributed by atoms with E-state index >= 15 is 0 Å². The number of nitrogens with zero attached hydrogens (tertiary/aromatic N) is 4. The Balaban J connectivity index is 0.000000307. The molecule has 0 fully saturated rings. The summed E-state index contributed by atoms with van der Waals surface area (Å²) in [4.78, 5) is 35.3. The van der Waals surface area contributed by atoms with Crippen molar-refractivity contribution in [3.8, 4) is 23.0 Å². The van der Waals surface area contributed by atoms with Crippen LogP contribution < -0.4 is 134 Å². The summed E-state index contributed by atoms with van der Waals surface area (Å²) in [6.45, 7) is 9.52. The van der Waals surface area contributed by atoms with Crippen molar-refractivity contribution in [3.63, 3.8) is 0 Å². The Labute approximate surface area is 581 Å². The van der Waals surface area contributed by atoms with Crippen molar-refractivity contribution >= 4 is 69.5 Å². The van der Waals surface area contributed by atoms with E-state index in [1.165, 1.54) is 23.3 Å². The number of rotatable bonds is 21. The molecule has 0 radical (unpaired) electrons. The molecule has 0 aromatic heterocycles. The first-order valence-corrected chi connectivity index (χ1v) is 34.4. The van der Waals surface area contributed by atoms with Crippen LogP contribution in [0, 0.1) is 0 Å². The number of aryl methyl sites for hydroxylation is 2. The molecule has 468 valence electrons. The van der Waals surface area contributed by atoms with E-state index in [1.54, 1.807) is 12.1 Å². The zero-order valence-corrected chi connectivity index (χ0v) is 60.2. The first-order valence-electron chi connectivity index (χ1n) is 28.1. The number of phenolic OH excluding ortho intramolecular Hbond substituents is 1. The third kappa shape index (κ3) is 21.8. The van der Waals surface area contributed by atoms with Crippen molar-refractivity contribution in [2.75, 3.05) is 59.0 Å². The van der Waals surface area contributed by atoms with Crippen molar-refractivity contribution in [1.29, 1.82) is 0 Å². The molecule has 4 aromatic carbocycles. The topological polar surface area (TPSA) is 393 Å². The molecule has 1 aliphatic carbocycles. The van der Waals surface area contributed by atoms with E-state index in [1.807, 2.05) is 56.9 Å². The van der Waals surface area contributed by atoms with Gasteiger partial charge in [-0.1, -0.05) is 24.3 Å². The molecule has 4 heterocycles. The molecule has 0 spiro atoms. The number of hydrogen-bond donors (Lipinski definition) is 3. The van der Waals surface area contributed by atoms with Gasteiger partial charge in [-0.2, -0.15) is 5.90 Å². The summed E-state index contributed by atoms with van der Waals surface area (Å²) in [5.41, 5.74) is 5.52. The van der Waals surface area contributed by atoms with Crippen LogP contribution >= 0.6 is 0 Å². The van der Waals surface area contributed by atoms with Gasteiger partial charge in [0.15, 0.2) is 23.0 Å². The number of carbonyl (C=O) groups excluding carboxylic acids is 1. The quantitative estimate of drug-likeness (QED) is 0.0268. The number of ether oxygens (including phenoxy) is 1. The van der Waals surface area contributed by atoms with Crippen molar-refractivity contribution in [1.82, 2.24) is 4.58 Å². The van der Waals surface area contributed by atoms with Gasteiger partial charge in [-0.15, -0.1) is 0 Å². The molecule has 88 heavy (non-hydrogen) atoms. The summed E-state index contributed by atoms with van der Waals surface area (Å²) in [5.74, 6) is 1.21. The number of carbonyl (C=O) groups is 2. The smallest absolute Gasteiger partial charge is 0.748 e. The fraction of sp³-hybridized carbons (Fsp3) is 0.544. The van der Waals surface area contributed by atoms with E-state index in [4.69, 9.17) is 15.6 Å². The molecule has 3 atom stereocenters. The standard InChI is InChI=1S/C28H35N3O9S2.C16H24N2O7S.C13H18O3S.3Na/c1-28(2)16-19(17-42(37,38)39)20-13-22-26(15-24(20)31(28)10-4-7-27(32)33)40-25-14-23-18(12-21(25)29-22)6-3-8-30(23)9-5-11-41(34,35)36;1-16(2)8-10(9-26(22,23)24)11-6-14(25-17)13(19)7-12(11)18(16)5-3-4-15(20)21;14-17(15,16)10-4-8-12-7-3-6-11-5-1-2-9-13(11)12;;;/h12-15,19H,3-11,16-17H2,1-2H3,(H2-,32,33,34,35,36,37,38,39);6-7,10,19H,3-5,8-9,17H2,1-2H3,(H,20,21)(H,22,23,24);1-2,5,9,12H,3-4,6-8,10H2,(H,14,15,16);;;/q;;;3*+1/p-4.